The van der Waals surface area contributed by atoms with Crippen molar-refractivity contribution in [1.29, 1.82) is 0 Å². The van der Waals surface area contributed by atoms with Crippen LogP contribution in [0.2, 0.25) is 0 Å². The highest BCUT2D eigenvalue weighted by Crippen LogP contribution is 2.27. The highest BCUT2D eigenvalue weighted by atomic mass is 16.2. The number of H-pyrrole nitrogens is 1. The summed E-state index contributed by atoms with van der Waals surface area (Å²) in [5.41, 5.74) is 3.40. The molecule has 0 unspecified atom stereocenters. The van der Waals surface area contributed by atoms with Crippen LogP contribution < -0.4 is 5.56 Å². The van der Waals surface area contributed by atoms with Gasteiger partial charge in [0.25, 0.3) is 0 Å². The maximum atomic E-state index is 12.6. The van der Waals surface area contributed by atoms with Crippen molar-refractivity contribution in [2.24, 2.45) is 0 Å². The van der Waals surface area contributed by atoms with E-state index in [1.807, 2.05) is 11.0 Å². The second-order valence-corrected chi connectivity index (χ2v) is 7.21. The third-order valence-corrected chi connectivity index (χ3v) is 5.12. The largest absolute Gasteiger partial charge is 0.342 e. The maximum Gasteiger partial charge on any atom is 0.248 e. The lowest BCUT2D eigenvalue weighted by molar-refractivity contribution is -0.131. The molecule has 4 heteroatoms. The fourth-order valence-electron chi connectivity index (χ4n) is 3.48. The number of nitrogens with one attached hydrogen (secondary N) is 1. The average Bonchev–Trinajstić information content (AvgIpc) is 2.62. The van der Waals surface area contributed by atoms with Gasteiger partial charge in [-0.2, -0.15) is 0 Å². The smallest absolute Gasteiger partial charge is 0.248 e. The molecule has 4 nitrogen and oxygen atoms in total. The lowest BCUT2D eigenvalue weighted by Crippen LogP contribution is -2.38. The topological polar surface area (TPSA) is 53.2 Å². The van der Waals surface area contributed by atoms with Gasteiger partial charge in [0.2, 0.25) is 11.5 Å². The van der Waals surface area contributed by atoms with E-state index in [4.69, 9.17) is 0 Å². The SMILES string of the molecule is CC(C)c1ccc(CC(=O)N2CCC(c3cc[nH]c(=O)c3)CC2)cc1. The molecule has 0 bridgehead atoms. The molecule has 132 valence electrons. The van der Waals surface area contributed by atoms with Gasteiger partial charge < -0.3 is 9.88 Å². The molecule has 0 aliphatic carbocycles. The lowest BCUT2D eigenvalue weighted by atomic mass is 9.90. The standard InChI is InChI=1S/C21H26N2O2/c1-15(2)17-5-3-16(4-6-17)13-21(25)23-11-8-18(9-12-23)19-7-10-22-20(24)14-19/h3-7,10,14-15,18H,8-9,11-13H2,1-2H3,(H,22,24). The molecule has 1 fully saturated rings. The van der Waals surface area contributed by atoms with Crippen molar-refractivity contribution in [3.63, 3.8) is 0 Å². The highest BCUT2D eigenvalue weighted by molar-refractivity contribution is 5.78. The van der Waals surface area contributed by atoms with Crippen molar-refractivity contribution in [2.45, 2.75) is 44.9 Å². The molecule has 25 heavy (non-hydrogen) atoms. The van der Waals surface area contributed by atoms with Crippen LogP contribution in [-0.2, 0) is 11.2 Å². The van der Waals surface area contributed by atoms with E-state index in [0.717, 1.165) is 37.1 Å². The van der Waals surface area contributed by atoms with Crippen LogP contribution >= 0.6 is 0 Å². The summed E-state index contributed by atoms with van der Waals surface area (Å²) in [6.07, 6.45) is 4.01. The lowest BCUT2D eigenvalue weighted by Gasteiger charge is -2.32. The number of aromatic nitrogens is 1. The first-order chi connectivity index (χ1) is 12.0. The summed E-state index contributed by atoms with van der Waals surface area (Å²) in [7, 11) is 0. The van der Waals surface area contributed by atoms with Crippen molar-refractivity contribution in [3.05, 3.63) is 69.6 Å². The van der Waals surface area contributed by atoms with E-state index in [2.05, 4.69) is 43.1 Å². The Hall–Kier alpha value is -2.36. The number of aromatic amines is 1. The number of amides is 1. The number of benzene rings is 1. The summed E-state index contributed by atoms with van der Waals surface area (Å²) >= 11 is 0. The Bertz CT molecular complexity index is 769. The summed E-state index contributed by atoms with van der Waals surface area (Å²) in [5.74, 6) is 1.08. The molecular weight excluding hydrogens is 312 g/mol. The number of hydrogen-bond acceptors (Lipinski definition) is 2. The van der Waals surface area contributed by atoms with Crippen molar-refractivity contribution >= 4 is 5.91 Å². The second kappa shape index (κ2) is 7.68. The fourth-order valence-corrected chi connectivity index (χ4v) is 3.48. The number of piperidine rings is 1. The quantitative estimate of drug-likeness (QED) is 0.928. The summed E-state index contributed by atoms with van der Waals surface area (Å²) < 4.78 is 0. The van der Waals surface area contributed by atoms with Crippen LogP contribution in [-0.4, -0.2) is 28.9 Å². The zero-order valence-corrected chi connectivity index (χ0v) is 15.0. The minimum Gasteiger partial charge on any atom is -0.342 e. The van der Waals surface area contributed by atoms with Gasteiger partial charge in [-0.3, -0.25) is 9.59 Å². The molecule has 1 saturated heterocycles. The minimum absolute atomic E-state index is 0.0548. The Morgan fingerprint density at radius 1 is 1.16 bits per heavy atom. The summed E-state index contributed by atoms with van der Waals surface area (Å²) in [4.78, 5) is 28.6. The molecule has 0 atom stereocenters. The molecule has 1 aliphatic heterocycles. The van der Waals surface area contributed by atoms with Crippen LogP contribution in [0.3, 0.4) is 0 Å². The van der Waals surface area contributed by atoms with E-state index < -0.39 is 0 Å². The van der Waals surface area contributed by atoms with Crippen molar-refractivity contribution in [2.75, 3.05) is 13.1 Å². The van der Waals surface area contributed by atoms with Crippen LogP contribution in [0.25, 0.3) is 0 Å². The zero-order chi connectivity index (χ0) is 17.8. The number of pyridine rings is 1. The van der Waals surface area contributed by atoms with Gasteiger partial charge in [-0.15, -0.1) is 0 Å². The van der Waals surface area contributed by atoms with E-state index in [1.165, 1.54) is 5.56 Å². The number of hydrogen-bond donors (Lipinski definition) is 1. The van der Waals surface area contributed by atoms with Gasteiger partial charge in [-0.25, -0.2) is 0 Å². The van der Waals surface area contributed by atoms with Gasteiger partial charge in [-0.05, 0) is 47.4 Å². The van der Waals surface area contributed by atoms with Gasteiger partial charge in [0, 0.05) is 25.4 Å². The Labute approximate surface area is 148 Å². The summed E-state index contributed by atoms with van der Waals surface area (Å²) in [5, 5.41) is 0. The number of carbonyl (C=O) groups is 1. The number of likely N-dealkylation sites (tertiary alicyclic amines) is 1. The predicted octanol–water partition coefficient (Wildman–Crippen LogP) is 3.45. The Morgan fingerprint density at radius 3 is 2.44 bits per heavy atom. The number of carbonyl (C=O) groups excluding carboxylic acids is 1. The molecule has 3 rings (SSSR count). The summed E-state index contributed by atoms with van der Waals surface area (Å²) in [6, 6.07) is 12.0. The molecule has 1 aromatic carbocycles. The highest BCUT2D eigenvalue weighted by Gasteiger charge is 2.24. The van der Waals surface area contributed by atoms with E-state index in [1.54, 1.807) is 12.3 Å². The van der Waals surface area contributed by atoms with Gasteiger partial charge >= 0.3 is 0 Å². The maximum absolute atomic E-state index is 12.6. The zero-order valence-electron chi connectivity index (χ0n) is 15.0. The second-order valence-electron chi connectivity index (χ2n) is 7.21. The normalized spacial score (nSPS) is 15.6. The molecule has 0 spiro atoms. The van der Waals surface area contributed by atoms with E-state index in [9.17, 15) is 9.59 Å². The number of nitrogens with zero attached hydrogens (tertiary/aromatic N) is 1. The van der Waals surface area contributed by atoms with Crippen LogP contribution in [0.1, 0.15) is 55.2 Å². The van der Waals surface area contributed by atoms with Gasteiger partial charge in [0.1, 0.15) is 0 Å². The first-order valence-electron chi connectivity index (χ1n) is 9.08. The van der Waals surface area contributed by atoms with Crippen LogP contribution in [0.15, 0.2) is 47.4 Å². The average molecular weight is 338 g/mol. The van der Waals surface area contributed by atoms with Crippen LogP contribution in [0.5, 0.6) is 0 Å². The van der Waals surface area contributed by atoms with Crippen LogP contribution in [0.4, 0.5) is 0 Å². The fraction of sp³-hybridized carbons (Fsp3) is 0.429. The van der Waals surface area contributed by atoms with Gasteiger partial charge in [0.15, 0.2) is 0 Å². The van der Waals surface area contributed by atoms with Gasteiger partial charge in [-0.1, -0.05) is 38.1 Å². The van der Waals surface area contributed by atoms with Crippen molar-refractivity contribution in [1.82, 2.24) is 9.88 Å². The molecule has 1 N–H and O–H groups in total. The predicted molar refractivity (Wildman–Crippen MR) is 99.9 cm³/mol. The summed E-state index contributed by atoms with van der Waals surface area (Å²) in [6.45, 7) is 5.87. The molecular formula is C21H26N2O2. The van der Waals surface area contributed by atoms with Crippen LogP contribution in [0, 0.1) is 0 Å². The Kier molecular flexibility index (Phi) is 5.37. The van der Waals surface area contributed by atoms with E-state index in [0.29, 0.717) is 18.3 Å². The van der Waals surface area contributed by atoms with Gasteiger partial charge in [0.05, 0.1) is 6.42 Å². The monoisotopic (exact) mass is 338 g/mol. The first-order valence-corrected chi connectivity index (χ1v) is 9.08. The molecule has 0 saturated carbocycles. The molecule has 1 aromatic heterocycles. The minimum atomic E-state index is -0.0548. The van der Waals surface area contributed by atoms with Crippen molar-refractivity contribution in [3.8, 4) is 0 Å². The molecule has 1 aliphatic rings. The third-order valence-electron chi connectivity index (χ3n) is 5.12. The van der Waals surface area contributed by atoms with E-state index in [-0.39, 0.29) is 11.5 Å². The molecule has 2 aromatic rings. The van der Waals surface area contributed by atoms with Crippen molar-refractivity contribution < 1.29 is 4.79 Å². The Morgan fingerprint density at radius 2 is 1.84 bits per heavy atom. The van der Waals surface area contributed by atoms with E-state index >= 15 is 0 Å². The molecule has 2 heterocycles. The third kappa shape index (κ3) is 4.38. The number of rotatable bonds is 4. The first kappa shape index (κ1) is 17.5. The molecule has 1 amide bonds. The molecule has 0 radical (unpaired) electrons. The Balaban J connectivity index is 1.55.